The molecule has 0 radical (unpaired) electrons. The zero-order valence-corrected chi connectivity index (χ0v) is 15.1. The molecule has 0 aliphatic rings. The Kier molecular flexibility index (Phi) is 5.49. The lowest BCUT2D eigenvalue weighted by molar-refractivity contribution is 0.0784. The third kappa shape index (κ3) is 4.19. The second-order valence-corrected chi connectivity index (χ2v) is 6.50. The maximum atomic E-state index is 12.6. The van der Waals surface area contributed by atoms with Crippen molar-refractivity contribution in [2.24, 2.45) is 0 Å². The van der Waals surface area contributed by atoms with Crippen LogP contribution in [0.1, 0.15) is 31.8 Å². The highest BCUT2D eigenvalue weighted by Crippen LogP contribution is 2.15. The van der Waals surface area contributed by atoms with E-state index in [0.29, 0.717) is 28.3 Å². The van der Waals surface area contributed by atoms with Crippen molar-refractivity contribution in [3.05, 3.63) is 106 Å². The Labute approximate surface area is 157 Å². The van der Waals surface area contributed by atoms with Crippen molar-refractivity contribution in [2.45, 2.75) is 6.54 Å². The second kappa shape index (κ2) is 7.98. The quantitative estimate of drug-likeness (QED) is 0.608. The van der Waals surface area contributed by atoms with Crippen LogP contribution in [0.25, 0.3) is 0 Å². The van der Waals surface area contributed by atoms with E-state index >= 15 is 0 Å². The maximum Gasteiger partial charge on any atom is 0.253 e. The van der Waals surface area contributed by atoms with Crippen molar-refractivity contribution < 1.29 is 9.59 Å². The molecule has 1 amide bonds. The number of ketones is 1. The normalized spacial score (nSPS) is 10.4. The Bertz CT molecular complexity index is 903. The number of halogens is 1. The topological polar surface area (TPSA) is 37.4 Å². The van der Waals surface area contributed by atoms with Gasteiger partial charge in [-0.05, 0) is 29.8 Å². The molecule has 0 bridgehead atoms. The Morgan fingerprint density at radius 2 is 1.31 bits per heavy atom. The highest BCUT2D eigenvalue weighted by atomic mass is 35.5. The molecule has 0 spiro atoms. The van der Waals surface area contributed by atoms with Gasteiger partial charge >= 0.3 is 0 Å². The first-order valence-corrected chi connectivity index (χ1v) is 8.62. The average Bonchev–Trinajstić information content (AvgIpc) is 2.69. The summed E-state index contributed by atoms with van der Waals surface area (Å²) in [5.41, 5.74) is 2.74. The highest BCUT2D eigenvalue weighted by molar-refractivity contribution is 6.30. The zero-order chi connectivity index (χ0) is 18.5. The molecule has 0 N–H and O–H groups in total. The average molecular weight is 364 g/mol. The number of hydrogen-bond acceptors (Lipinski definition) is 2. The summed E-state index contributed by atoms with van der Waals surface area (Å²) in [5, 5.41) is 0.668. The predicted octanol–water partition coefficient (Wildman–Crippen LogP) is 4.84. The van der Waals surface area contributed by atoms with E-state index in [9.17, 15) is 9.59 Å². The van der Waals surface area contributed by atoms with E-state index in [1.807, 2.05) is 30.3 Å². The van der Waals surface area contributed by atoms with E-state index in [2.05, 4.69) is 0 Å². The standard InChI is InChI=1S/C22H18ClNO2/c1-24(15-16-7-13-20(23)14-8-16)22(26)19-11-9-18(10-12-19)21(25)17-5-3-2-4-6-17/h2-14H,15H2,1H3. The fourth-order valence-electron chi connectivity index (χ4n) is 2.68. The molecule has 130 valence electrons. The lowest BCUT2D eigenvalue weighted by Crippen LogP contribution is -2.26. The maximum absolute atomic E-state index is 12.6. The van der Waals surface area contributed by atoms with Gasteiger partial charge in [0.25, 0.3) is 5.91 Å². The number of nitrogens with zero attached hydrogens (tertiary/aromatic N) is 1. The molecule has 0 unspecified atom stereocenters. The monoisotopic (exact) mass is 363 g/mol. The number of benzene rings is 3. The molecule has 0 aliphatic heterocycles. The summed E-state index contributed by atoms with van der Waals surface area (Å²) in [6.45, 7) is 0.487. The van der Waals surface area contributed by atoms with E-state index in [-0.39, 0.29) is 11.7 Å². The highest BCUT2D eigenvalue weighted by Gasteiger charge is 2.14. The fraction of sp³-hybridized carbons (Fsp3) is 0.0909. The van der Waals surface area contributed by atoms with Crippen LogP contribution in [0, 0.1) is 0 Å². The second-order valence-electron chi connectivity index (χ2n) is 6.06. The van der Waals surface area contributed by atoms with Crippen LogP contribution in [0.15, 0.2) is 78.9 Å². The van der Waals surface area contributed by atoms with E-state index in [1.54, 1.807) is 60.5 Å². The first kappa shape index (κ1) is 17.9. The van der Waals surface area contributed by atoms with Gasteiger partial charge in [-0.15, -0.1) is 0 Å². The number of hydrogen-bond donors (Lipinski definition) is 0. The molecule has 3 nitrogen and oxygen atoms in total. The van der Waals surface area contributed by atoms with E-state index < -0.39 is 0 Å². The SMILES string of the molecule is CN(Cc1ccc(Cl)cc1)C(=O)c1ccc(C(=O)c2ccccc2)cc1. The van der Waals surface area contributed by atoms with Gasteiger partial charge in [0.05, 0.1) is 0 Å². The van der Waals surface area contributed by atoms with Crippen LogP contribution < -0.4 is 0 Å². The van der Waals surface area contributed by atoms with Crippen molar-refractivity contribution in [1.82, 2.24) is 4.90 Å². The van der Waals surface area contributed by atoms with Crippen LogP contribution in [0.3, 0.4) is 0 Å². The molecule has 4 heteroatoms. The van der Waals surface area contributed by atoms with Gasteiger partial charge in [0.2, 0.25) is 0 Å². The molecule has 3 rings (SSSR count). The van der Waals surface area contributed by atoms with Gasteiger partial charge in [-0.25, -0.2) is 0 Å². The Balaban J connectivity index is 1.70. The van der Waals surface area contributed by atoms with Crippen LogP contribution in [0.4, 0.5) is 0 Å². The van der Waals surface area contributed by atoms with Gasteiger partial charge in [-0.1, -0.05) is 66.2 Å². The molecule has 0 heterocycles. The summed E-state index contributed by atoms with van der Waals surface area (Å²) >= 11 is 5.88. The van der Waals surface area contributed by atoms with E-state index in [0.717, 1.165) is 5.56 Å². The third-order valence-corrected chi connectivity index (χ3v) is 4.36. The van der Waals surface area contributed by atoms with Gasteiger partial charge in [0.15, 0.2) is 5.78 Å². The lowest BCUT2D eigenvalue weighted by Gasteiger charge is -2.17. The minimum absolute atomic E-state index is 0.0564. The van der Waals surface area contributed by atoms with Gasteiger partial charge in [-0.2, -0.15) is 0 Å². The fourth-order valence-corrected chi connectivity index (χ4v) is 2.80. The molecule has 0 atom stereocenters. The third-order valence-electron chi connectivity index (χ3n) is 4.11. The summed E-state index contributed by atoms with van der Waals surface area (Å²) in [6, 6.07) is 23.3. The number of rotatable bonds is 5. The summed E-state index contributed by atoms with van der Waals surface area (Å²) in [7, 11) is 1.75. The number of carbonyl (C=O) groups is 2. The van der Waals surface area contributed by atoms with Crippen molar-refractivity contribution in [3.63, 3.8) is 0 Å². The van der Waals surface area contributed by atoms with Crippen molar-refractivity contribution >= 4 is 23.3 Å². The molecule has 0 fully saturated rings. The van der Waals surface area contributed by atoms with Crippen LogP contribution in [0.5, 0.6) is 0 Å². The summed E-state index contributed by atoms with van der Waals surface area (Å²) in [4.78, 5) is 26.6. The van der Waals surface area contributed by atoms with E-state index in [4.69, 9.17) is 11.6 Å². The van der Waals surface area contributed by atoms with Crippen molar-refractivity contribution in [3.8, 4) is 0 Å². The van der Waals surface area contributed by atoms with Crippen molar-refractivity contribution in [1.29, 1.82) is 0 Å². The first-order valence-electron chi connectivity index (χ1n) is 8.24. The van der Waals surface area contributed by atoms with Gasteiger partial charge < -0.3 is 4.90 Å². The molecular weight excluding hydrogens is 346 g/mol. The van der Waals surface area contributed by atoms with Gasteiger partial charge in [0, 0.05) is 35.3 Å². The largest absolute Gasteiger partial charge is 0.337 e. The molecule has 26 heavy (non-hydrogen) atoms. The minimum atomic E-state index is -0.0985. The first-order chi connectivity index (χ1) is 12.5. The van der Waals surface area contributed by atoms with Crippen LogP contribution in [0.2, 0.25) is 5.02 Å². The van der Waals surface area contributed by atoms with Crippen molar-refractivity contribution in [2.75, 3.05) is 7.05 Å². The molecular formula is C22H18ClNO2. The molecule has 3 aromatic carbocycles. The van der Waals surface area contributed by atoms with Crippen LogP contribution >= 0.6 is 11.6 Å². The number of amides is 1. The molecule has 0 saturated carbocycles. The number of carbonyl (C=O) groups excluding carboxylic acids is 2. The van der Waals surface area contributed by atoms with Crippen LogP contribution in [-0.4, -0.2) is 23.6 Å². The van der Waals surface area contributed by atoms with E-state index in [1.165, 1.54) is 0 Å². The van der Waals surface area contributed by atoms with Gasteiger partial charge in [0.1, 0.15) is 0 Å². The molecule has 0 saturated heterocycles. The smallest absolute Gasteiger partial charge is 0.253 e. The lowest BCUT2D eigenvalue weighted by atomic mass is 10.0. The Hall–Kier alpha value is -2.91. The minimum Gasteiger partial charge on any atom is -0.337 e. The predicted molar refractivity (Wildman–Crippen MR) is 104 cm³/mol. The molecule has 3 aromatic rings. The summed E-state index contributed by atoms with van der Waals surface area (Å²) in [5.74, 6) is -0.155. The molecule has 0 aliphatic carbocycles. The Morgan fingerprint density at radius 3 is 1.92 bits per heavy atom. The Morgan fingerprint density at radius 1 is 0.769 bits per heavy atom. The molecule has 0 aromatic heterocycles. The zero-order valence-electron chi connectivity index (χ0n) is 14.4. The van der Waals surface area contributed by atoms with Gasteiger partial charge in [-0.3, -0.25) is 9.59 Å². The summed E-state index contributed by atoms with van der Waals surface area (Å²) in [6.07, 6.45) is 0. The van der Waals surface area contributed by atoms with Crippen LogP contribution in [-0.2, 0) is 6.54 Å². The summed E-state index contributed by atoms with van der Waals surface area (Å²) < 4.78 is 0.